The molecule has 2 rings (SSSR count). The molecule has 0 fully saturated rings. The van der Waals surface area contributed by atoms with Crippen molar-refractivity contribution in [3.8, 4) is 0 Å². The molecule has 0 bridgehead atoms. The molecule has 3 heteroatoms. The maximum absolute atomic E-state index is 5.62. The van der Waals surface area contributed by atoms with E-state index in [4.69, 9.17) is 8.83 Å². The minimum atomic E-state index is 0.737. The molecule has 0 saturated heterocycles. The van der Waals surface area contributed by atoms with E-state index in [0.29, 0.717) is 0 Å². The molecule has 14 heavy (non-hydrogen) atoms. The fraction of sp³-hybridized carbons (Fsp3) is 0.273. The van der Waals surface area contributed by atoms with Gasteiger partial charge in [0, 0.05) is 0 Å². The van der Waals surface area contributed by atoms with Crippen LogP contribution in [0.2, 0.25) is 0 Å². The van der Waals surface area contributed by atoms with Gasteiger partial charge in [0.15, 0.2) is 0 Å². The number of hydrogen-bond acceptors (Lipinski definition) is 3. The summed E-state index contributed by atoms with van der Waals surface area (Å²) in [6.45, 7) is 0. The van der Waals surface area contributed by atoms with Crippen molar-refractivity contribution in [1.29, 1.82) is 0 Å². The lowest BCUT2D eigenvalue weighted by molar-refractivity contribution is 0.459. The van der Waals surface area contributed by atoms with E-state index in [1.54, 1.807) is 18.0 Å². The summed E-state index contributed by atoms with van der Waals surface area (Å²) in [4.78, 5) is 0. The van der Waals surface area contributed by atoms with Crippen LogP contribution in [0.25, 0.3) is 0 Å². The molecule has 0 spiro atoms. The summed E-state index contributed by atoms with van der Waals surface area (Å²) in [7, 11) is 0. The van der Waals surface area contributed by atoms with Gasteiger partial charge in [0.1, 0.15) is 17.3 Å². The Morgan fingerprint density at radius 1 is 1.14 bits per heavy atom. The fourth-order valence-electron chi connectivity index (χ4n) is 1.32. The second kappa shape index (κ2) is 4.42. The molecule has 0 N–H and O–H groups in total. The third kappa shape index (κ3) is 2.23. The van der Waals surface area contributed by atoms with E-state index in [2.05, 4.69) is 6.26 Å². The zero-order chi connectivity index (χ0) is 9.80. The summed E-state index contributed by atoms with van der Waals surface area (Å²) in [5.74, 6) is 3.86. The lowest BCUT2D eigenvalue weighted by Gasteiger charge is -1.93. The maximum atomic E-state index is 5.62. The van der Waals surface area contributed by atoms with Crippen LogP contribution in [0.5, 0.6) is 0 Å². The minimum Gasteiger partial charge on any atom is -0.469 e. The molecule has 0 atom stereocenters. The van der Waals surface area contributed by atoms with Crippen LogP contribution in [0.1, 0.15) is 17.3 Å². The predicted octanol–water partition coefficient (Wildman–Crippen LogP) is 3.33. The molecule has 2 heterocycles. The number of hydrogen-bond donors (Lipinski definition) is 0. The second-order valence-electron chi connectivity index (χ2n) is 3.06. The zero-order valence-corrected chi connectivity index (χ0v) is 8.84. The van der Waals surface area contributed by atoms with Crippen LogP contribution >= 0.6 is 11.8 Å². The highest BCUT2D eigenvalue weighted by atomic mass is 32.2. The van der Waals surface area contributed by atoms with Gasteiger partial charge >= 0.3 is 0 Å². The Bertz CT molecular complexity index is 376. The molecule has 0 amide bonds. The van der Waals surface area contributed by atoms with Crippen LogP contribution in [0.3, 0.4) is 0 Å². The Labute approximate surface area is 87.3 Å². The van der Waals surface area contributed by atoms with Gasteiger partial charge in [-0.05, 0) is 30.5 Å². The first-order chi connectivity index (χ1) is 6.88. The van der Waals surface area contributed by atoms with Gasteiger partial charge in [0.05, 0.1) is 18.4 Å². The maximum Gasteiger partial charge on any atom is 0.114 e. The molecular weight excluding hydrogens is 196 g/mol. The summed E-state index contributed by atoms with van der Waals surface area (Å²) < 4.78 is 10.9. The van der Waals surface area contributed by atoms with Crippen molar-refractivity contribution >= 4 is 11.8 Å². The normalized spacial score (nSPS) is 10.6. The van der Waals surface area contributed by atoms with Crippen LogP contribution in [-0.2, 0) is 12.2 Å². The first-order valence-corrected chi connectivity index (χ1v) is 5.87. The second-order valence-corrected chi connectivity index (χ2v) is 3.92. The zero-order valence-electron chi connectivity index (χ0n) is 8.03. The predicted molar refractivity (Wildman–Crippen MR) is 57.4 cm³/mol. The van der Waals surface area contributed by atoms with Gasteiger partial charge in [-0.3, -0.25) is 0 Å². The smallest absolute Gasteiger partial charge is 0.114 e. The highest BCUT2D eigenvalue weighted by Crippen LogP contribution is 2.16. The van der Waals surface area contributed by atoms with Gasteiger partial charge in [-0.25, -0.2) is 0 Å². The first-order valence-electron chi connectivity index (χ1n) is 4.47. The highest BCUT2D eigenvalue weighted by Gasteiger charge is 2.04. The lowest BCUT2D eigenvalue weighted by atomic mass is 10.3. The van der Waals surface area contributed by atoms with Gasteiger partial charge in [0.2, 0.25) is 0 Å². The highest BCUT2D eigenvalue weighted by molar-refractivity contribution is 7.97. The quantitative estimate of drug-likeness (QED) is 0.771. The number of rotatable bonds is 4. The van der Waals surface area contributed by atoms with Gasteiger partial charge in [-0.2, -0.15) is 11.8 Å². The third-order valence-corrected chi connectivity index (χ3v) is 2.51. The Kier molecular flexibility index (Phi) is 2.99. The van der Waals surface area contributed by atoms with Gasteiger partial charge in [-0.15, -0.1) is 0 Å². The van der Waals surface area contributed by atoms with Crippen LogP contribution in [0.4, 0.5) is 0 Å². The molecule has 0 saturated carbocycles. The summed E-state index contributed by atoms with van der Waals surface area (Å²) >= 11 is 1.76. The Hall–Kier alpha value is -1.09. The third-order valence-electron chi connectivity index (χ3n) is 1.93. The van der Waals surface area contributed by atoms with Gasteiger partial charge in [0.25, 0.3) is 0 Å². The van der Waals surface area contributed by atoms with Crippen molar-refractivity contribution in [2.24, 2.45) is 0 Å². The Balaban J connectivity index is 2.03. The molecule has 2 aromatic heterocycles. The van der Waals surface area contributed by atoms with Gasteiger partial charge in [-0.1, -0.05) is 0 Å². The summed E-state index contributed by atoms with van der Waals surface area (Å²) in [6, 6.07) is 7.88. The molecule has 0 aromatic carbocycles. The largest absolute Gasteiger partial charge is 0.469 e. The molecule has 0 aliphatic heterocycles. The SMILES string of the molecule is CSCc1ccc(Cc2ccco2)o1. The fourth-order valence-corrected chi connectivity index (χ4v) is 1.76. The van der Waals surface area contributed by atoms with E-state index in [9.17, 15) is 0 Å². The van der Waals surface area contributed by atoms with Gasteiger partial charge < -0.3 is 8.83 Å². The summed E-state index contributed by atoms with van der Waals surface area (Å²) in [5.41, 5.74) is 0. The van der Waals surface area contributed by atoms with Crippen molar-refractivity contribution in [2.75, 3.05) is 6.26 Å². The van der Waals surface area contributed by atoms with Crippen molar-refractivity contribution in [3.05, 3.63) is 47.8 Å². The van der Waals surface area contributed by atoms with E-state index in [-0.39, 0.29) is 0 Å². The standard InChI is InChI=1S/C11H12O2S/c1-14-8-11-5-4-10(13-11)7-9-3-2-6-12-9/h2-6H,7-8H2,1H3. The lowest BCUT2D eigenvalue weighted by Crippen LogP contribution is -1.80. The van der Waals surface area contributed by atoms with Crippen molar-refractivity contribution < 1.29 is 8.83 Å². The molecular formula is C11H12O2S. The summed E-state index contributed by atoms with van der Waals surface area (Å²) in [6.07, 6.45) is 4.48. The molecule has 2 aromatic rings. The van der Waals surface area contributed by atoms with Crippen LogP contribution in [0, 0.1) is 0 Å². The molecule has 0 unspecified atom stereocenters. The monoisotopic (exact) mass is 208 g/mol. The topological polar surface area (TPSA) is 26.3 Å². The van der Waals surface area contributed by atoms with Crippen LogP contribution in [-0.4, -0.2) is 6.26 Å². The van der Waals surface area contributed by atoms with Crippen molar-refractivity contribution in [1.82, 2.24) is 0 Å². The number of thioether (sulfide) groups is 1. The minimum absolute atomic E-state index is 0.737. The molecule has 0 aliphatic rings. The molecule has 74 valence electrons. The van der Waals surface area contributed by atoms with Crippen LogP contribution < -0.4 is 0 Å². The number of furan rings is 2. The molecule has 0 aliphatic carbocycles. The van der Waals surface area contributed by atoms with E-state index < -0.39 is 0 Å². The Morgan fingerprint density at radius 2 is 2.00 bits per heavy atom. The summed E-state index contributed by atoms with van der Waals surface area (Å²) in [5, 5.41) is 0. The van der Waals surface area contributed by atoms with E-state index in [0.717, 1.165) is 29.5 Å². The average Bonchev–Trinajstić information content (AvgIpc) is 2.79. The van der Waals surface area contributed by atoms with E-state index in [1.807, 2.05) is 24.3 Å². The van der Waals surface area contributed by atoms with E-state index in [1.165, 1.54) is 0 Å². The van der Waals surface area contributed by atoms with Crippen molar-refractivity contribution in [3.63, 3.8) is 0 Å². The van der Waals surface area contributed by atoms with Crippen LogP contribution in [0.15, 0.2) is 39.4 Å². The molecule has 2 nitrogen and oxygen atoms in total. The van der Waals surface area contributed by atoms with Crippen molar-refractivity contribution in [2.45, 2.75) is 12.2 Å². The van der Waals surface area contributed by atoms with E-state index >= 15 is 0 Å². The Morgan fingerprint density at radius 3 is 2.71 bits per heavy atom. The average molecular weight is 208 g/mol. The molecule has 0 radical (unpaired) electrons. The first kappa shape index (κ1) is 9.46.